The van der Waals surface area contributed by atoms with E-state index in [1.807, 2.05) is 50.2 Å². The van der Waals surface area contributed by atoms with Crippen LogP contribution in [0.25, 0.3) is 0 Å². The van der Waals surface area contributed by atoms with Crippen molar-refractivity contribution in [2.24, 2.45) is 5.92 Å². The summed E-state index contributed by atoms with van der Waals surface area (Å²) in [4.78, 5) is 40.8. The molecule has 0 fully saturated rings. The minimum atomic E-state index is -0.422. The predicted octanol–water partition coefficient (Wildman–Crippen LogP) is 6.01. The Hall–Kier alpha value is -3.30. The zero-order valence-corrected chi connectivity index (χ0v) is 21.6. The predicted molar refractivity (Wildman–Crippen MR) is 139 cm³/mol. The Labute approximate surface area is 216 Å². The van der Waals surface area contributed by atoms with Crippen LogP contribution in [0, 0.1) is 5.92 Å². The van der Waals surface area contributed by atoms with Crippen molar-refractivity contribution in [1.29, 1.82) is 0 Å². The summed E-state index contributed by atoms with van der Waals surface area (Å²) in [5, 5.41) is 5.99. The topological polar surface area (TPSA) is 91.7 Å². The first-order chi connectivity index (χ1) is 16.8. The Morgan fingerprint density at radius 3 is 2.31 bits per heavy atom. The SMILES string of the molecule is CC(C)CC(=O)Nc1ccc(SC2=C(Nc3ccc(Br)cc3)C(=O)N(Cc3ccco3)C2=O)cc1. The number of hydrogen-bond donors (Lipinski definition) is 2. The quantitative estimate of drug-likeness (QED) is 0.315. The van der Waals surface area contributed by atoms with E-state index in [1.165, 1.54) is 22.9 Å². The first-order valence-electron chi connectivity index (χ1n) is 11.0. The Kier molecular flexibility index (Phi) is 7.77. The fourth-order valence-electron chi connectivity index (χ4n) is 3.45. The molecule has 1 aromatic heterocycles. The van der Waals surface area contributed by atoms with Gasteiger partial charge in [0.1, 0.15) is 16.4 Å². The molecule has 3 aromatic rings. The van der Waals surface area contributed by atoms with Gasteiger partial charge in [0.2, 0.25) is 5.91 Å². The number of nitrogens with zero attached hydrogens (tertiary/aromatic N) is 1. The molecule has 2 aromatic carbocycles. The summed E-state index contributed by atoms with van der Waals surface area (Å²) in [6.45, 7) is 4.02. The minimum Gasteiger partial charge on any atom is -0.467 e. The average molecular weight is 554 g/mol. The van der Waals surface area contributed by atoms with Gasteiger partial charge in [0.05, 0.1) is 12.8 Å². The normalized spacial score (nSPS) is 13.7. The van der Waals surface area contributed by atoms with Gasteiger partial charge in [-0.1, -0.05) is 41.5 Å². The summed E-state index contributed by atoms with van der Waals surface area (Å²) in [6.07, 6.45) is 1.95. The molecule has 2 heterocycles. The number of furan rings is 1. The molecule has 3 amide bonds. The van der Waals surface area contributed by atoms with Gasteiger partial charge in [-0.15, -0.1) is 0 Å². The number of nitrogens with one attached hydrogen (secondary N) is 2. The molecule has 0 saturated carbocycles. The Morgan fingerprint density at radius 1 is 1.00 bits per heavy atom. The highest BCUT2D eigenvalue weighted by molar-refractivity contribution is 9.10. The van der Waals surface area contributed by atoms with Crippen LogP contribution in [0.15, 0.2) is 91.3 Å². The monoisotopic (exact) mass is 553 g/mol. The van der Waals surface area contributed by atoms with Crippen molar-refractivity contribution in [2.45, 2.75) is 31.7 Å². The Morgan fingerprint density at radius 2 is 1.69 bits per heavy atom. The van der Waals surface area contributed by atoms with E-state index in [9.17, 15) is 14.4 Å². The number of amides is 3. The van der Waals surface area contributed by atoms with Crippen LogP contribution in [0.2, 0.25) is 0 Å². The van der Waals surface area contributed by atoms with Crippen LogP contribution in [0.3, 0.4) is 0 Å². The number of carbonyl (C=O) groups excluding carboxylic acids is 3. The summed E-state index contributed by atoms with van der Waals surface area (Å²) < 4.78 is 6.25. The third-order valence-corrected chi connectivity index (χ3v) is 6.70. The van der Waals surface area contributed by atoms with Crippen molar-refractivity contribution in [2.75, 3.05) is 10.6 Å². The summed E-state index contributed by atoms with van der Waals surface area (Å²) >= 11 is 4.60. The van der Waals surface area contributed by atoms with Crippen LogP contribution in [0.4, 0.5) is 11.4 Å². The zero-order valence-electron chi connectivity index (χ0n) is 19.2. The fourth-order valence-corrected chi connectivity index (χ4v) is 4.66. The van der Waals surface area contributed by atoms with Crippen LogP contribution in [0.1, 0.15) is 26.0 Å². The van der Waals surface area contributed by atoms with Crippen molar-refractivity contribution in [3.8, 4) is 0 Å². The van der Waals surface area contributed by atoms with Gasteiger partial charge in [-0.05, 0) is 66.6 Å². The molecule has 0 radical (unpaired) electrons. The molecule has 1 aliphatic rings. The lowest BCUT2D eigenvalue weighted by Crippen LogP contribution is -2.31. The minimum absolute atomic E-state index is 0.0427. The van der Waals surface area contributed by atoms with Gasteiger partial charge in [0.25, 0.3) is 11.8 Å². The van der Waals surface area contributed by atoms with Crippen molar-refractivity contribution < 1.29 is 18.8 Å². The number of carbonyl (C=O) groups is 3. The molecule has 0 bridgehead atoms. The number of halogens is 1. The van der Waals surface area contributed by atoms with E-state index in [0.29, 0.717) is 28.5 Å². The molecule has 35 heavy (non-hydrogen) atoms. The molecule has 1 aliphatic heterocycles. The second-order valence-corrected chi connectivity index (χ2v) is 10.4. The standard InChI is InChI=1S/C26H24BrN3O4S/c1-16(2)14-22(31)28-18-9-11-21(12-10-18)35-24-23(29-19-7-5-17(27)6-8-19)25(32)30(26(24)33)15-20-4-3-13-34-20/h3-13,16,29H,14-15H2,1-2H3,(H,28,31). The van der Waals surface area contributed by atoms with E-state index in [1.54, 1.807) is 24.3 Å². The third-order valence-electron chi connectivity index (χ3n) is 5.08. The first-order valence-corrected chi connectivity index (χ1v) is 12.6. The van der Waals surface area contributed by atoms with E-state index in [2.05, 4.69) is 26.6 Å². The van der Waals surface area contributed by atoms with E-state index < -0.39 is 11.8 Å². The number of rotatable bonds is 9. The molecule has 0 aliphatic carbocycles. The van der Waals surface area contributed by atoms with Gasteiger partial charge in [-0.3, -0.25) is 19.3 Å². The zero-order chi connectivity index (χ0) is 24.9. The van der Waals surface area contributed by atoms with E-state index in [-0.39, 0.29) is 24.1 Å². The molecule has 180 valence electrons. The van der Waals surface area contributed by atoms with Gasteiger partial charge < -0.3 is 15.1 Å². The van der Waals surface area contributed by atoms with Crippen LogP contribution in [0.5, 0.6) is 0 Å². The number of anilines is 2. The number of thioether (sulfide) groups is 1. The van der Waals surface area contributed by atoms with Crippen molar-refractivity contribution in [1.82, 2.24) is 4.90 Å². The highest BCUT2D eigenvalue weighted by Gasteiger charge is 2.39. The van der Waals surface area contributed by atoms with Crippen LogP contribution < -0.4 is 10.6 Å². The molecular formula is C26H24BrN3O4S. The van der Waals surface area contributed by atoms with Crippen LogP contribution in [-0.2, 0) is 20.9 Å². The summed E-state index contributed by atoms with van der Waals surface area (Å²) in [7, 11) is 0. The largest absolute Gasteiger partial charge is 0.467 e. The van der Waals surface area contributed by atoms with E-state index in [4.69, 9.17) is 4.42 Å². The maximum absolute atomic E-state index is 13.3. The average Bonchev–Trinajstić information content (AvgIpc) is 3.40. The van der Waals surface area contributed by atoms with Gasteiger partial charge in [-0.25, -0.2) is 0 Å². The number of hydrogen-bond acceptors (Lipinski definition) is 6. The highest BCUT2D eigenvalue weighted by Crippen LogP contribution is 2.37. The second kappa shape index (κ2) is 11.0. The summed E-state index contributed by atoms with van der Waals surface area (Å²) in [6, 6.07) is 18.0. The van der Waals surface area contributed by atoms with Gasteiger partial charge >= 0.3 is 0 Å². The third kappa shape index (κ3) is 6.23. The smallest absolute Gasteiger partial charge is 0.278 e. The fraction of sp³-hybridized carbons (Fsp3) is 0.192. The van der Waals surface area contributed by atoms with Gasteiger partial charge in [0.15, 0.2) is 0 Å². The molecule has 0 atom stereocenters. The van der Waals surface area contributed by atoms with Gasteiger partial charge in [-0.2, -0.15) is 0 Å². The first kappa shape index (κ1) is 24.8. The lowest BCUT2D eigenvalue weighted by atomic mass is 10.1. The van der Waals surface area contributed by atoms with Crippen molar-refractivity contribution in [3.05, 3.63) is 87.8 Å². The highest BCUT2D eigenvalue weighted by atomic mass is 79.9. The van der Waals surface area contributed by atoms with Crippen LogP contribution in [-0.4, -0.2) is 22.6 Å². The van der Waals surface area contributed by atoms with E-state index in [0.717, 1.165) is 9.37 Å². The molecule has 7 nitrogen and oxygen atoms in total. The van der Waals surface area contributed by atoms with Crippen molar-refractivity contribution >= 4 is 56.8 Å². The molecule has 0 spiro atoms. The molecule has 9 heteroatoms. The molecule has 0 unspecified atom stereocenters. The molecule has 0 saturated heterocycles. The van der Waals surface area contributed by atoms with Gasteiger partial charge in [0, 0.05) is 27.2 Å². The summed E-state index contributed by atoms with van der Waals surface area (Å²) in [5.74, 6) is -0.0835. The lowest BCUT2D eigenvalue weighted by molar-refractivity contribution is -0.138. The lowest BCUT2D eigenvalue weighted by Gasteiger charge is -2.13. The number of benzene rings is 2. The van der Waals surface area contributed by atoms with Crippen molar-refractivity contribution in [3.63, 3.8) is 0 Å². The molecule has 4 rings (SSSR count). The Balaban J connectivity index is 1.57. The second-order valence-electron chi connectivity index (χ2n) is 8.38. The maximum atomic E-state index is 13.3. The van der Waals surface area contributed by atoms with E-state index >= 15 is 0 Å². The maximum Gasteiger partial charge on any atom is 0.278 e. The van der Waals surface area contributed by atoms with Crippen LogP contribution >= 0.6 is 27.7 Å². The number of imide groups is 1. The molecule has 2 N–H and O–H groups in total. The molecular weight excluding hydrogens is 530 g/mol. The Bertz CT molecular complexity index is 1250. The summed E-state index contributed by atoms with van der Waals surface area (Å²) in [5.41, 5.74) is 1.57.